The molecule has 1 atom stereocenters. The number of aromatic nitrogens is 1. The van der Waals surface area contributed by atoms with Gasteiger partial charge in [-0.3, -0.25) is 10.1 Å². The van der Waals surface area contributed by atoms with E-state index in [1.807, 2.05) is 0 Å². The van der Waals surface area contributed by atoms with Gasteiger partial charge in [-0.1, -0.05) is 0 Å². The van der Waals surface area contributed by atoms with Gasteiger partial charge in [0.2, 0.25) is 0 Å². The van der Waals surface area contributed by atoms with Gasteiger partial charge in [-0.05, 0) is 13.3 Å². The molecule has 1 saturated heterocycles. The molecule has 0 saturated carbocycles. The third kappa shape index (κ3) is 2.27. The smallest absolute Gasteiger partial charge is 0.277 e. The molecule has 6 heteroatoms. The van der Waals surface area contributed by atoms with E-state index in [0.29, 0.717) is 18.0 Å². The third-order valence-electron chi connectivity index (χ3n) is 2.55. The van der Waals surface area contributed by atoms with Crippen LogP contribution >= 0.6 is 0 Å². The molecule has 1 aromatic rings. The van der Waals surface area contributed by atoms with Crippen molar-refractivity contribution < 1.29 is 9.66 Å². The first kappa shape index (κ1) is 10.8. The summed E-state index contributed by atoms with van der Waals surface area (Å²) in [6.45, 7) is 3.03. The maximum atomic E-state index is 10.7. The Morgan fingerprint density at radius 3 is 3.12 bits per heavy atom. The zero-order chi connectivity index (χ0) is 11.5. The number of hydrogen-bond donors (Lipinski definition) is 1. The monoisotopic (exact) mass is 223 g/mol. The minimum atomic E-state index is -0.395. The van der Waals surface area contributed by atoms with E-state index in [2.05, 4.69) is 10.3 Å². The molecule has 1 unspecified atom stereocenters. The summed E-state index contributed by atoms with van der Waals surface area (Å²) in [4.78, 5) is 14.5. The van der Waals surface area contributed by atoms with Gasteiger partial charge in [0.15, 0.2) is 0 Å². The molecule has 0 aliphatic carbocycles. The van der Waals surface area contributed by atoms with Crippen LogP contribution in [-0.4, -0.2) is 29.2 Å². The molecular formula is C10H13N3O3. The lowest BCUT2D eigenvalue weighted by molar-refractivity contribution is -0.385. The topological polar surface area (TPSA) is 77.3 Å². The molecule has 0 spiro atoms. The lowest BCUT2D eigenvalue weighted by Gasteiger charge is -2.11. The van der Waals surface area contributed by atoms with Crippen LogP contribution in [0.4, 0.5) is 11.5 Å². The molecule has 1 fully saturated rings. The summed E-state index contributed by atoms with van der Waals surface area (Å²) in [5, 5.41) is 13.9. The summed E-state index contributed by atoms with van der Waals surface area (Å²) in [5.74, 6) is 0.535. The van der Waals surface area contributed by atoms with Crippen LogP contribution in [0.25, 0.3) is 0 Å². The Morgan fingerprint density at radius 2 is 2.50 bits per heavy atom. The zero-order valence-electron chi connectivity index (χ0n) is 8.97. The fraction of sp³-hybridized carbons (Fsp3) is 0.500. The van der Waals surface area contributed by atoms with Crippen molar-refractivity contribution in [2.24, 2.45) is 0 Å². The molecule has 1 aliphatic rings. The number of nitro groups is 1. The highest BCUT2D eigenvalue weighted by molar-refractivity contribution is 5.49. The Balaban J connectivity index is 2.15. The molecule has 1 N–H and O–H groups in total. The van der Waals surface area contributed by atoms with E-state index in [1.165, 1.54) is 12.3 Å². The lowest BCUT2D eigenvalue weighted by atomic mass is 10.2. The van der Waals surface area contributed by atoms with Crippen molar-refractivity contribution in [1.82, 2.24) is 4.98 Å². The average Bonchev–Trinajstić information content (AvgIpc) is 2.73. The molecular weight excluding hydrogens is 210 g/mol. The molecule has 2 rings (SSSR count). The van der Waals surface area contributed by atoms with Gasteiger partial charge in [0.1, 0.15) is 5.82 Å². The van der Waals surface area contributed by atoms with E-state index in [0.717, 1.165) is 13.0 Å². The fourth-order valence-corrected chi connectivity index (χ4v) is 1.65. The number of pyridine rings is 1. The minimum Gasteiger partial charge on any atom is -0.379 e. The lowest BCUT2D eigenvalue weighted by Crippen LogP contribution is -2.19. The second-order valence-corrected chi connectivity index (χ2v) is 3.82. The number of ether oxygens (including phenoxy) is 1. The van der Waals surface area contributed by atoms with Gasteiger partial charge in [-0.2, -0.15) is 0 Å². The first-order chi connectivity index (χ1) is 7.66. The highest BCUT2D eigenvalue weighted by Crippen LogP contribution is 2.21. The van der Waals surface area contributed by atoms with E-state index in [4.69, 9.17) is 4.74 Å². The van der Waals surface area contributed by atoms with Crippen LogP contribution in [0.2, 0.25) is 0 Å². The van der Waals surface area contributed by atoms with Crippen LogP contribution in [0.1, 0.15) is 12.0 Å². The SMILES string of the molecule is Cc1cnc(NC2CCOC2)cc1[N+](=O)[O-]. The van der Waals surface area contributed by atoms with E-state index in [9.17, 15) is 10.1 Å². The number of rotatable bonds is 3. The maximum absolute atomic E-state index is 10.7. The van der Waals surface area contributed by atoms with Crippen molar-refractivity contribution in [2.75, 3.05) is 18.5 Å². The van der Waals surface area contributed by atoms with E-state index in [1.54, 1.807) is 6.92 Å². The molecule has 2 heterocycles. The minimum absolute atomic E-state index is 0.0939. The molecule has 0 bridgehead atoms. The van der Waals surface area contributed by atoms with Crippen LogP contribution in [-0.2, 0) is 4.74 Å². The van der Waals surface area contributed by atoms with Crippen molar-refractivity contribution in [3.05, 3.63) is 27.9 Å². The van der Waals surface area contributed by atoms with Crippen molar-refractivity contribution in [2.45, 2.75) is 19.4 Å². The summed E-state index contributed by atoms with van der Waals surface area (Å²) >= 11 is 0. The summed E-state index contributed by atoms with van der Waals surface area (Å²) in [6, 6.07) is 1.67. The Kier molecular flexibility index (Phi) is 3.00. The Morgan fingerprint density at radius 1 is 1.69 bits per heavy atom. The predicted molar refractivity (Wildman–Crippen MR) is 58.5 cm³/mol. The first-order valence-electron chi connectivity index (χ1n) is 5.12. The van der Waals surface area contributed by atoms with E-state index < -0.39 is 4.92 Å². The van der Waals surface area contributed by atoms with Crippen molar-refractivity contribution in [3.63, 3.8) is 0 Å². The van der Waals surface area contributed by atoms with E-state index >= 15 is 0 Å². The molecule has 0 amide bonds. The Bertz CT molecular complexity index is 402. The van der Waals surface area contributed by atoms with Gasteiger partial charge < -0.3 is 10.1 Å². The fourth-order valence-electron chi connectivity index (χ4n) is 1.65. The highest BCUT2D eigenvalue weighted by atomic mass is 16.6. The highest BCUT2D eigenvalue weighted by Gasteiger charge is 2.18. The molecule has 1 aliphatic heterocycles. The van der Waals surface area contributed by atoms with Gasteiger partial charge in [0, 0.05) is 18.4 Å². The normalized spacial score (nSPS) is 19.7. The Hall–Kier alpha value is -1.69. The molecule has 6 nitrogen and oxygen atoms in total. The molecule has 0 radical (unpaired) electrons. The number of nitrogens with one attached hydrogen (secondary N) is 1. The van der Waals surface area contributed by atoms with Crippen molar-refractivity contribution in [3.8, 4) is 0 Å². The Labute approximate surface area is 92.8 Å². The second kappa shape index (κ2) is 4.44. The largest absolute Gasteiger partial charge is 0.379 e. The van der Waals surface area contributed by atoms with Crippen LogP contribution in [0, 0.1) is 17.0 Å². The summed E-state index contributed by atoms with van der Waals surface area (Å²) < 4.78 is 5.21. The number of aryl methyl sites for hydroxylation is 1. The van der Waals surface area contributed by atoms with Crippen molar-refractivity contribution >= 4 is 11.5 Å². The quantitative estimate of drug-likeness (QED) is 0.620. The number of nitrogens with zero attached hydrogens (tertiary/aromatic N) is 2. The number of hydrogen-bond acceptors (Lipinski definition) is 5. The first-order valence-corrected chi connectivity index (χ1v) is 5.12. The summed E-state index contributed by atoms with van der Waals surface area (Å²) in [6.07, 6.45) is 2.42. The van der Waals surface area contributed by atoms with Crippen LogP contribution < -0.4 is 5.32 Å². The number of anilines is 1. The molecule has 1 aromatic heterocycles. The summed E-state index contributed by atoms with van der Waals surface area (Å²) in [5.41, 5.74) is 0.662. The van der Waals surface area contributed by atoms with Gasteiger partial charge in [0.25, 0.3) is 5.69 Å². The zero-order valence-corrected chi connectivity index (χ0v) is 8.97. The van der Waals surface area contributed by atoms with Crippen LogP contribution in [0.5, 0.6) is 0 Å². The van der Waals surface area contributed by atoms with Crippen molar-refractivity contribution in [1.29, 1.82) is 0 Å². The predicted octanol–water partition coefficient (Wildman–Crippen LogP) is 1.50. The van der Waals surface area contributed by atoms with Gasteiger partial charge in [0.05, 0.1) is 23.6 Å². The maximum Gasteiger partial charge on any atom is 0.277 e. The van der Waals surface area contributed by atoms with E-state index in [-0.39, 0.29) is 11.7 Å². The molecule has 16 heavy (non-hydrogen) atoms. The standard InChI is InChI=1S/C10H13N3O3/c1-7-5-11-10(4-9(7)13(14)15)12-8-2-3-16-6-8/h4-5,8H,2-3,6H2,1H3,(H,11,12). The van der Waals surface area contributed by atoms with Crippen LogP contribution in [0.15, 0.2) is 12.3 Å². The van der Waals surface area contributed by atoms with Gasteiger partial charge in [-0.25, -0.2) is 4.98 Å². The summed E-state index contributed by atoms with van der Waals surface area (Å²) in [7, 11) is 0. The van der Waals surface area contributed by atoms with Gasteiger partial charge in [-0.15, -0.1) is 0 Å². The second-order valence-electron chi connectivity index (χ2n) is 3.82. The molecule has 86 valence electrons. The molecule has 0 aromatic carbocycles. The average molecular weight is 223 g/mol. The van der Waals surface area contributed by atoms with Crippen LogP contribution in [0.3, 0.4) is 0 Å². The third-order valence-corrected chi connectivity index (χ3v) is 2.55. The van der Waals surface area contributed by atoms with Gasteiger partial charge >= 0.3 is 0 Å².